The molecule has 2 aromatic rings. The molecular formula is C20H25N3O2. The molecule has 5 nitrogen and oxygen atoms in total. The van der Waals surface area contributed by atoms with Crippen LogP contribution in [0.15, 0.2) is 34.9 Å². The van der Waals surface area contributed by atoms with E-state index < -0.39 is 0 Å². The van der Waals surface area contributed by atoms with E-state index in [1.165, 1.54) is 24.0 Å². The van der Waals surface area contributed by atoms with Gasteiger partial charge in [0.25, 0.3) is 0 Å². The molecule has 132 valence electrons. The first-order chi connectivity index (χ1) is 12.3. The molecule has 1 saturated heterocycles. The molecule has 1 unspecified atom stereocenters. The summed E-state index contributed by atoms with van der Waals surface area (Å²) >= 11 is 0. The van der Waals surface area contributed by atoms with E-state index in [1.54, 1.807) is 0 Å². The summed E-state index contributed by atoms with van der Waals surface area (Å²) in [6.07, 6.45) is 6.14. The van der Waals surface area contributed by atoms with Gasteiger partial charge in [-0.05, 0) is 37.7 Å². The monoisotopic (exact) mass is 339 g/mol. The molecular weight excluding hydrogens is 314 g/mol. The van der Waals surface area contributed by atoms with Crippen LogP contribution in [0, 0.1) is 0 Å². The van der Waals surface area contributed by atoms with Crippen LogP contribution in [-0.4, -0.2) is 35.1 Å². The smallest absolute Gasteiger partial charge is 0.237 e. The fourth-order valence-corrected chi connectivity index (χ4v) is 3.95. The quantitative estimate of drug-likeness (QED) is 0.930. The van der Waals surface area contributed by atoms with Crippen molar-refractivity contribution in [1.82, 2.24) is 15.4 Å². The van der Waals surface area contributed by atoms with E-state index in [0.717, 1.165) is 50.2 Å². The molecule has 1 aliphatic heterocycles. The minimum absolute atomic E-state index is 0.124. The van der Waals surface area contributed by atoms with Crippen LogP contribution in [0.2, 0.25) is 0 Å². The summed E-state index contributed by atoms with van der Waals surface area (Å²) in [7, 11) is 0. The number of fused-ring (bicyclic) bond motifs is 1. The number of benzene rings is 1. The molecule has 1 atom stereocenters. The van der Waals surface area contributed by atoms with Gasteiger partial charge in [0.05, 0.1) is 6.04 Å². The first kappa shape index (κ1) is 16.3. The van der Waals surface area contributed by atoms with Gasteiger partial charge in [-0.3, -0.25) is 9.69 Å². The van der Waals surface area contributed by atoms with Crippen molar-refractivity contribution in [2.45, 2.75) is 51.1 Å². The highest BCUT2D eigenvalue weighted by Crippen LogP contribution is 2.26. The number of carbonyl (C=O) groups excluding carboxylic acids is 1. The lowest BCUT2D eigenvalue weighted by Crippen LogP contribution is -2.45. The average molecular weight is 339 g/mol. The van der Waals surface area contributed by atoms with Gasteiger partial charge in [-0.15, -0.1) is 0 Å². The highest BCUT2D eigenvalue weighted by molar-refractivity contribution is 5.82. The number of aryl methyl sites for hydroxylation is 1. The third-order valence-corrected chi connectivity index (χ3v) is 5.32. The van der Waals surface area contributed by atoms with Gasteiger partial charge < -0.3 is 9.84 Å². The number of amides is 1. The van der Waals surface area contributed by atoms with Crippen molar-refractivity contribution >= 4 is 5.91 Å². The minimum atomic E-state index is -0.152. The van der Waals surface area contributed by atoms with Crippen molar-refractivity contribution in [2.75, 3.05) is 13.1 Å². The summed E-state index contributed by atoms with van der Waals surface area (Å²) in [4.78, 5) is 14.9. The number of rotatable bonds is 4. The van der Waals surface area contributed by atoms with E-state index >= 15 is 0 Å². The molecule has 25 heavy (non-hydrogen) atoms. The topological polar surface area (TPSA) is 58.4 Å². The summed E-state index contributed by atoms with van der Waals surface area (Å²) in [5.41, 5.74) is 3.51. The third kappa shape index (κ3) is 3.61. The van der Waals surface area contributed by atoms with Gasteiger partial charge in [0.1, 0.15) is 11.5 Å². The van der Waals surface area contributed by atoms with Crippen LogP contribution < -0.4 is 5.32 Å². The fourth-order valence-electron chi connectivity index (χ4n) is 3.95. The van der Waals surface area contributed by atoms with Crippen LogP contribution in [0.1, 0.15) is 41.8 Å². The molecule has 0 spiro atoms. The predicted octanol–water partition coefficient (Wildman–Crippen LogP) is 2.49. The molecule has 1 aliphatic carbocycles. The summed E-state index contributed by atoms with van der Waals surface area (Å²) in [5.74, 6) is 1.18. The van der Waals surface area contributed by atoms with Gasteiger partial charge in [0.2, 0.25) is 5.91 Å². The lowest BCUT2D eigenvalue weighted by Gasteiger charge is -2.28. The summed E-state index contributed by atoms with van der Waals surface area (Å²) in [6.45, 7) is 2.35. The molecule has 0 bridgehead atoms. The van der Waals surface area contributed by atoms with Crippen molar-refractivity contribution in [1.29, 1.82) is 0 Å². The van der Waals surface area contributed by atoms with Gasteiger partial charge >= 0.3 is 0 Å². The number of nitrogens with zero attached hydrogens (tertiary/aromatic N) is 2. The third-order valence-electron chi connectivity index (χ3n) is 5.32. The number of nitrogens with one attached hydrogen (secondary N) is 1. The molecule has 4 rings (SSSR count). The first-order valence-corrected chi connectivity index (χ1v) is 9.33. The Kier molecular flexibility index (Phi) is 4.83. The van der Waals surface area contributed by atoms with Crippen molar-refractivity contribution in [2.24, 2.45) is 0 Å². The summed E-state index contributed by atoms with van der Waals surface area (Å²) in [6, 6.07) is 10.1. The summed E-state index contributed by atoms with van der Waals surface area (Å²) < 4.78 is 5.56. The molecule has 1 N–H and O–H groups in total. The minimum Gasteiger partial charge on any atom is -0.361 e. The second kappa shape index (κ2) is 7.40. The second-order valence-electron chi connectivity index (χ2n) is 7.06. The maximum absolute atomic E-state index is 12.6. The molecule has 2 heterocycles. The zero-order valence-corrected chi connectivity index (χ0v) is 14.5. The number of hydrogen-bond acceptors (Lipinski definition) is 4. The maximum atomic E-state index is 12.6. The average Bonchev–Trinajstić information content (AvgIpc) is 2.98. The van der Waals surface area contributed by atoms with Gasteiger partial charge in [-0.2, -0.15) is 0 Å². The van der Waals surface area contributed by atoms with E-state index in [4.69, 9.17) is 4.52 Å². The molecule has 0 radical (unpaired) electrons. The Bertz CT molecular complexity index is 726. The van der Waals surface area contributed by atoms with Crippen LogP contribution in [0.25, 0.3) is 0 Å². The van der Waals surface area contributed by atoms with E-state index in [2.05, 4.69) is 27.5 Å². The Hall–Kier alpha value is -2.14. The Morgan fingerprint density at radius 2 is 2.00 bits per heavy atom. The SMILES string of the molecule is O=C1NCCCN(Cc2noc3c2CCCC3)C1Cc1ccccc1. The van der Waals surface area contributed by atoms with E-state index in [0.29, 0.717) is 6.54 Å². The Balaban J connectivity index is 1.56. The standard InChI is InChI=1S/C20H25N3O2/c24-20-18(13-15-7-2-1-3-8-15)23(12-6-11-21-20)14-17-16-9-4-5-10-19(16)25-22-17/h1-3,7-8,18H,4-6,9-14H2,(H,21,24). The largest absolute Gasteiger partial charge is 0.361 e. The van der Waals surface area contributed by atoms with Crippen LogP contribution in [0.4, 0.5) is 0 Å². The molecule has 0 saturated carbocycles. The normalized spacial score (nSPS) is 21.4. The Morgan fingerprint density at radius 3 is 2.88 bits per heavy atom. The number of carbonyl (C=O) groups is 1. The van der Waals surface area contributed by atoms with E-state index in [1.807, 2.05) is 18.2 Å². The Morgan fingerprint density at radius 1 is 1.16 bits per heavy atom. The number of aromatic nitrogens is 1. The number of hydrogen-bond donors (Lipinski definition) is 1. The summed E-state index contributed by atoms with van der Waals surface area (Å²) in [5, 5.41) is 7.40. The zero-order chi connectivity index (χ0) is 17.1. The van der Waals surface area contributed by atoms with Crippen molar-refractivity contribution in [3.8, 4) is 0 Å². The lowest BCUT2D eigenvalue weighted by molar-refractivity contribution is -0.125. The van der Waals surface area contributed by atoms with Gasteiger partial charge in [0.15, 0.2) is 0 Å². The molecule has 1 aromatic heterocycles. The van der Waals surface area contributed by atoms with E-state index in [-0.39, 0.29) is 11.9 Å². The van der Waals surface area contributed by atoms with Crippen molar-refractivity contribution < 1.29 is 9.32 Å². The molecule has 1 aromatic carbocycles. The second-order valence-corrected chi connectivity index (χ2v) is 7.06. The lowest BCUT2D eigenvalue weighted by atomic mass is 9.96. The van der Waals surface area contributed by atoms with Gasteiger partial charge in [-0.1, -0.05) is 35.5 Å². The van der Waals surface area contributed by atoms with Crippen LogP contribution in [0.3, 0.4) is 0 Å². The fraction of sp³-hybridized carbons (Fsp3) is 0.500. The van der Waals surface area contributed by atoms with Crippen LogP contribution in [0.5, 0.6) is 0 Å². The first-order valence-electron chi connectivity index (χ1n) is 9.33. The predicted molar refractivity (Wildman–Crippen MR) is 95.1 cm³/mol. The van der Waals surface area contributed by atoms with Crippen molar-refractivity contribution in [3.05, 3.63) is 52.9 Å². The van der Waals surface area contributed by atoms with Crippen molar-refractivity contribution in [3.63, 3.8) is 0 Å². The zero-order valence-electron chi connectivity index (χ0n) is 14.5. The molecule has 1 fully saturated rings. The molecule has 2 aliphatic rings. The van der Waals surface area contributed by atoms with E-state index in [9.17, 15) is 4.79 Å². The maximum Gasteiger partial charge on any atom is 0.237 e. The van der Waals surface area contributed by atoms with Gasteiger partial charge in [-0.25, -0.2) is 0 Å². The Labute approximate surface area is 148 Å². The highest BCUT2D eigenvalue weighted by atomic mass is 16.5. The molecule has 5 heteroatoms. The van der Waals surface area contributed by atoms with Gasteiger partial charge in [0, 0.05) is 31.6 Å². The highest BCUT2D eigenvalue weighted by Gasteiger charge is 2.30. The van der Waals surface area contributed by atoms with Crippen LogP contribution >= 0.6 is 0 Å². The van der Waals surface area contributed by atoms with Crippen LogP contribution in [-0.2, 0) is 30.6 Å². The molecule has 1 amide bonds.